The molecule has 0 aliphatic carbocycles. The van der Waals surface area contributed by atoms with Gasteiger partial charge in [-0.1, -0.05) is 32.0 Å². The summed E-state index contributed by atoms with van der Waals surface area (Å²) in [5.41, 5.74) is 0. The Morgan fingerprint density at radius 2 is 1.78 bits per heavy atom. The zero-order valence-electron chi connectivity index (χ0n) is 13.6. The summed E-state index contributed by atoms with van der Waals surface area (Å²) in [6.07, 6.45) is 1.50. The summed E-state index contributed by atoms with van der Waals surface area (Å²) < 4.78 is 31.9. The fraction of sp³-hybridized carbons (Fsp3) is 0.562. The highest BCUT2D eigenvalue weighted by Gasteiger charge is 2.40. The van der Waals surface area contributed by atoms with Crippen molar-refractivity contribution in [1.82, 2.24) is 4.90 Å². The summed E-state index contributed by atoms with van der Waals surface area (Å²) in [6, 6.07) is 9.72. The van der Waals surface area contributed by atoms with Crippen molar-refractivity contribution < 1.29 is 18.8 Å². The molecule has 0 aromatic heterocycles. The Labute approximate surface area is 138 Å². The molecule has 0 saturated carbocycles. The monoisotopic (exact) mass is 338 g/mol. The van der Waals surface area contributed by atoms with Crippen molar-refractivity contribution in [1.29, 1.82) is 0 Å². The molecule has 0 unspecified atom stereocenters. The first-order chi connectivity index (χ1) is 11.3. The van der Waals surface area contributed by atoms with Gasteiger partial charge >= 0.3 is 14.6 Å². The summed E-state index contributed by atoms with van der Waals surface area (Å²) in [4.78, 5) is 1.97. The van der Waals surface area contributed by atoms with Crippen LogP contribution in [0.25, 0.3) is 0 Å². The average Bonchev–Trinajstić information content (AvgIpc) is 3.06. The van der Waals surface area contributed by atoms with Crippen LogP contribution in [0.4, 0.5) is 0 Å². The van der Waals surface area contributed by atoms with E-state index in [0.29, 0.717) is 38.1 Å². The molecule has 2 saturated heterocycles. The van der Waals surface area contributed by atoms with Gasteiger partial charge in [-0.25, -0.2) is 4.57 Å². The van der Waals surface area contributed by atoms with Crippen LogP contribution in [-0.4, -0.2) is 43.0 Å². The predicted octanol–water partition coefficient (Wildman–Crippen LogP) is 3.49. The molecule has 2 aliphatic heterocycles. The summed E-state index contributed by atoms with van der Waals surface area (Å²) >= 11 is 0. The molecule has 2 aliphatic rings. The van der Waals surface area contributed by atoms with Crippen molar-refractivity contribution >= 4 is 14.6 Å². The Bertz CT molecular complexity index is 508. The highest BCUT2D eigenvalue weighted by atomic mass is 31.1. The number of piperidine rings is 1. The molecule has 0 radical (unpaired) electrons. The molecular formula is C16H23N2O4P. The lowest BCUT2D eigenvalue weighted by atomic mass is 10.0. The van der Waals surface area contributed by atoms with E-state index < -0.39 is 5.79 Å². The van der Waals surface area contributed by atoms with E-state index in [1.165, 1.54) is 0 Å². The molecule has 2 fully saturated rings. The third-order valence-electron chi connectivity index (χ3n) is 3.69. The van der Waals surface area contributed by atoms with Gasteiger partial charge in [-0.3, -0.25) is 0 Å². The number of hydrogen-bond acceptors (Lipinski definition) is 4. The number of hydrogen-bond donors (Lipinski definition) is 0. The number of likely N-dealkylation sites (tertiary alicyclic amines) is 1. The van der Waals surface area contributed by atoms with Crippen LogP contribution in [0.15, 0.2) is 35.1 Å². The van der Waals surface area contributed by atoms with Gasteiger partial charge in [0.05, 0.1) is 13.2 Å². The zero-order chi connectivity index (χ0) is 16.5. The Morgan fingerprint density at radius 3 is 2.35 bits per heavy atom. The van der Waals surface area contributed by atoms with E-state index in [0.717, 1.165) is 12.8 Å². The molecule has 1 spiro atoms. The predicted molar refractivity (Wildman–Crippen MR) is 88.9 cm³/mol. The first-order valence-corrected chi connectivity index (χ1v) is 8.74. The second-order valence-corrected chi connectivity index (χ2v) is 5.34. The van der Waals surface area contributed by atoms with Gasteiger partial charge in [-0.2, -0.15) is 0 Å². The maximum atomic E-state index is 10.9. The lowest BCUT2D eigenvalue weighted by Gasteiger charge is -2.38. The Hall–Kier alpha value is -1.49. The Morgan fingerprint density at radius 1 is 1.17 bits per heavy atom. The van der Waals surface area contributed by atoms with Gasteiger partial charge in [0.1, 0.15) is 5.75 Å². The van der Waals surface area contributed by atoms with Crippen LogP contribution < -0.4 is 4.74 Å². The quantitative estimate of drug-likeness (QED) is 0.469. The van der Waals surface area contributed by atoms with Crippen molar-refractivity contribution in [2.24, 2.45) is 4.76 Å². The van der Waals surface area contributed by atoms with Crippen LogP contribution in [0.3, 0.4) is 0 Å². The summed E-state index contributed by atoms with van der Waals surface area (Å²) in [7, 11) is -0.311. The summed E-state index contributed by atoms with van der Waals surface area (Å²) in [6.45, 7) is 6.70. The fourth-order valence-electron chi connectivity index (χ4n) is 2.60. The fourth-order valence-corrected chi connectivity index (χ4v) is 2.84. The molecule has 1 aromatic rings. The number of rotatable bonds is 2. The van der Waals surface area contributed by atoms with Crippen molar-refractivity contribution in [2.45, 2.75) is 32.5 Å². The third-order valence-corrected chi connectivity index (χ3v) is 3.94. The van der Waals surface area contributed by atoms with Crippen LogP contribution in [0.5, 0.6) is 5.75 Å². The second kappa shape index (κ2) is 8.96. The van der Waals surface area contributed by atoms with Gasteiger partial charge in [0.25, 0.3) is 0 Å². The minimum Gasteiger partial charge on any atom is -0.425 e. The van der Waals surface area contributed by atoms with Crippen LogP contribution >= 0.6 is 8.61 Å². The van der Waals surface area contributed by atoms with E-state index in [2.05, 4.69) is 4.76 Å². The highest BCUT2D eigenvalue weighted by molar-refractivity contribution is 7.22. The standard InChI is InChI=1S/C14H17N2O4P.C2H6/c17-21-15-13(20-12-4-2-1-3-5-12)16-8-6-14(7-9-16)18-10-11-19-14;1-2/h1-5H,6-11H2;1-2H3. The van der Waals surface area contributed by atoms with Crippen molar-refractivity contribution in [3.63, 3.8) is 0 Å². The van der Waals surface area contributed by atoms with Gasteiger partial charge in [-0.05, 0) is 12.1 Å². The largest absolute Gasteiger partial charge is 0.425 e. The van der Waals surface area contributed by atoms with Gasteiger partial charge in [-0.15, -0.1) is 4.76 Å². The second-order valence-electron chi connectivity index (χ2n) is 4.97. The SMILES string of the molecule is CC.O=PN=C(Oc1ccccc1)N1CCC2(CC1)OCCO2. The summed E-state index contributed by atoms with van der Waals surface area (Å²) in [5.74, 6) is 0.234. The molecule has 3 rings (SSSR count). The van der Waals surface area contributed by atoms with Crippen LogP contribution in [0.2, 0.25) is 0 Å². The van der Waals surface area contributed by atoms with Crippen LogP contribution in [0.1, 0.15) is 26.7 Å². The molecule has 0 N–H and O–H groups in total. The third kappa shape index (κ3) is 4.74. The van der Waals surface area contributed by atoms with Gasteiger partial charge in [0.2, 0.25) is 0 Å². The molecule has 0 bridgehead atoms. The molecule has 7 heteroatoms. The number of amidine groups is 1. The minimum atomic E-state index is -0.441. The normalized spacial score (nSPS) is 20.3. The van der Waals surface area contributed by atoms with E-state index >= 15 is 0 Å². The molecule has 0 atom stereocenters. The molecule has 6 nitrogen and oxygen atoms in total. The van der Waals surface area contributed by atoms with Crippen molar-refractivity contribution in [2.75, 3.05) is 26.3 Å². The number of ether oxygens (including phenoxy) is 3. The van der Waals surface area contributed by atoms with Gasteiger partial charge in [0, 0.05) is 25.9 Å². The molecular weight excluding hydrogens is 315 g/mol. The maximum Gasteiger partial charge on any atom is 0.307 e. The molecule has 126 valence electrons. The first kappa shape index (κ1) is 17.9. The maximum absolute atomic E-state index is 10.9. The average molecular weight is 338 g/mol. The van der Waals surface area contributed by atoms with E-state index in [4.69, 9.17) is 14.2 Å². The van der Waals surface area contributed by atoms with Gasteiger partial charge < -0.3 is 19.1 Å². The molecule has 0 amide bonds. The highest BCUT2D eigenvalue weighted by Crippen LogP contribution is 2.31. The smallest absolute Gasteiger partial charge is 0.307 e. The Balaban J connectivity index is 0.000000924. The van der Waals surface area contributed by atoms with Crippen LogP contribution in [0, 0.1) is 0 Å². The lowest BCUT2D eigenvalue weighted by molar-refractivity contribution is -0.181. The summed E-state index contributed by atoms with van der Waals surface area (Å²) in [5, 5.41) is 0. The topological polar surface area (TPSA) is 60.4 Å². The number of nitrogens with zero attached hydrogens (tertiary/aromatic N) is 2. The molecule has 23 heavy (non-hydrogen) atoms. The first-order valence-electron chi connectivity index (χ1n) is 7.97. The number of para-hydroxylation sites is 1. The van der Waals surface area contributed by atoms with Crippen molar-refractivity contribution in [3.8, 4) is 5.75 Å². The van der Waals surface area contributed by atoms with E-state index in [1.54, 1.807) is 0 Å². The van der Waals surface area contributed by atoms with E-state index in [1.807, 2.05) is 49.1 Å². The molecule has 1 aromatic carbocycles. The zero-order valence-corrected chi connectivity index (χ0v) is 14.5. The lowest BCUT2D eigenvalue weighted by Crippen LogP contribution is -2.48. The van der Waals surface area contributed by atoms with Gasteiger partial charge in [0.15, 0.2) is 5.79 Å². The van der Waals surface area contributed by atoms with Crippen LogP contribution in [-0.2, 0) is 14.0 Å². The number of benzene rings is 1. The minimum absolute atomic E-state index is 0.311. The van der Waals surface area contributed by atoms with E-state index in [9.17, 15) is 4.57 Å². The van der Waals surface area contributed by atoms with E-state index in [-0.39, 0.29) is 8.61 Å². The van der Waals surface area contributed by atoms with Crippen molar-refractivity contribution in [3.05, 3.63) is 30.3 Å². The molecule has 2 heterocycles. The Kier molecular flexibility index (Phi) is 6.96.